The highest BCUT2D eigenvalue weighted by molar-refractivity contribution is 5.69. The minimum atomic E-state index is -0.746. The molecule has 3 heteroatoms. The lowest BCUT2D eigenvalue weighted by molar-refractivity contribution is -0.137. The van der Waals surface area contributed by atoms with Crippen molar-refractivity contribution in [3.63, 3.8) is 0 Å². The van der Waals surface area contributed by atoms with Crippen LogP contribution in [0.4, 0.5) is 0 Å². The number of carboxylic acid groups (broad SMARTS) is 1. The van der Waals surface area contributed by atoms with E-state index in [2.05, 4.69) is 0 Å². The van der Waals surface area contributed by atoms with Gasteiger partial charge in [-0.25, -0.2) is 0 Å². The van der Waals surface area contributed by atoms with Crippen LogP contribution in [0.5, 0.6) is 0 Å². The molecular weight excluding hydrogens is 156 g/mol. The summed E-state index contributed by atoms with van der Waals surface area (Å²) in [5.41, 5.74) is -0.171. The zero-order chi connectivity index (χ0) is 8.60. The molecule has 1 aromatic rings. The molecule has 1 heterocycles. The lowest BCUT2D eigenvalue weighted by Crippen LogP contribution is -2.11. The van der Waals surface area contributed by atoms with Crippen molar-refractivity contribution in [3.05, 3.63) is 24.2 Å². The summed E-state index contributed by atoms with van der Waals surface area (Å²) in [5, 5.41) is 8.65. The standard InChI is InChI=1S/C9H10O3/c10-8(11)6-9(3-4-9)7-2-1-5-12-7/h1-2,5H,3-4,6H2,(H,10,11). The van der Waals surface area contributed by atoms with Gasteiger partial charge in [0.05, 0.1) is 12.7 Å². The molecule has 64 valence electrons. The summed E-state index contributed by atoms with van der Waals surface area (Å²) >= 11 is 0. The first kappa shape index (κ1) is 7.40. The van der Waals surface area contributed by atoms with E-state index in [4.69, 9.17) is 9.52 Å². The molecule has 0 bridgehead atoms. The molecule has 0 unspecified atom stereocenters. The Morgan fingerprint density at radius 1 is 1.67 bits per heavy atom. The van der Waals surface area contributed by atoms with E-state index in [-0.39, 0.29) is 11.8 Å². The molecule has 0 amide bonds. The van der Waals surface area contributed by atoms with Crippen LogP contribution >= 0.6 is 0 Å². The van der Waals surface area contributed by atoms with Gasteiger partial charge >= 0.3 is 5.97 Å². The molecule has 1 saturated carbocycles. The number of hydrogen-bond acceptors (Lipinski definition) is 2. The molecule has 1 N–H and O–H groups in total. The third kappa shape index (κ3) is 1.11. The van der Waals surface area contributed by atoms with Crippen molar-refractivity contribution in [3.8, 4) is 0 Å². The van der Waals surface area contributed by atoms with Crippen LogP contribution in [0.15, 0.2) is 22.8 Å². The van der Waals surface area contributed by atoms with Gasteiger partial charge in [0, 0.05) is 5.41 Å². The Labute approximate surface area is 70.0 Å². The number of aliphatic carboxylic acids is 1. The molecule has 2 rings (SSSR count). The fraction of sp³-hybridized carbons (Fsp3) is 0.444. The normalized spacial score (nSPS) is 19.0. The van der Waals surface area contributed by atoms with Crippen molar-refractivity contribution in [1.29, 1.82) is 0 Å². The average molecular weight is 166 g/mol. The molecule has 0 saturated heterocycles. The van der Waals surface area contributed by atoms with Crippen LogP contribution in [0.3, 0.4) is 0 Å². The maximum Gasteiger partial charge on any atom is 0.304 e. The van der Waals surface area contributed by atoms with Gasteiger partial charge in [-0.15, -0.1) is 0 Å². The van der Waals surface area contributed by atoms with Crippen LogP contribution in [0.1, 0.15) is 25.0 Å². The number of rotatable bonds is 3. The van der Waals surface area contributed by atoms with E-state index in [1.807, 2.05) is 6.07 Å². The largest absolute Gasteiger partial charge is 0.481 e. The summed E-state index contributed by atoms with van der Waals surface area (Å²) in [6, 6.07) is 3.66. The average Bonchev–Trinajstić information content (AvgIpc) is 2.61. The van der Waals surface area contributed by atoms with E-state index in [1.165, 1.54) is 0 Å². The molecule has 12 heavy (non-hydrogen) atoms. The summed E-state index contributed by atoms with van der Waals surface area (Å²) < 4.78 is 5.20. The van der Waals surface area contributed by atoms with Crippen molar-refractivity contribution < 1.29 is 14.3 Å². The predicted octanol–water partition coefficient (Wildman–Crippen LogP) is 1.79. The first-order valence-electron chi connectivity index (χ1n) is 3.99. The lowest BCUT2D eigenvalue weighted by Gasteiger charge is -2.07. The molecule has 1 aliphatic carbocycles. The second kappa shape index (κ2) is 2.37. The Morgan fingerprint density at radius 3 is 2.83 bits per heavy atom. The highest BCUT2D eigenvalue weighted by Crippen LogP contribution is 2.51. The fourth-order valence-corrected chi connectivity index (χ4v) is 1.53. The second-order valence-corrected chi connectivity index (χ2v) is 3.33. The van der Waals surface area contributed by atoms with Crippen LogP contribution in [0.2, 0.25) is 0 Å². The Hall–Kier alpha value is -1.25. The van der Waals surface area contributed by atoms with Gasteiger partial charge in [-0.2, -0.15) is 0 Å². The number of carboxylic acids is 1. The smallest absolute Gasteiger partial charge is 0.304 e. The van der Waals surface area contributed by atoms with Crippen molar-refractivity contribution in [2.24, 2.45) is 0 Å². The van der Waals surface area contributed by atoms with Crippen molar-refractivity contribution in [1.82, 2.24) is 0 Å². The molecule has 1 fully saturated rings. The van der Waals surface area contributed by atoms with Gasteiger partial charge in [-0.3, -0.25) is 4.79 Å². The van der Waals surface area contributed by atoms with E-state index in [1.54, 1.807) is 12.3 Å². The minimum absolute atomic E-state index is 0.171. The summed E-state index contributed by atoms with van der Waals surface area (Å²) in [4.78, 5) is 10.5. The SMILES string of the molecule is O=C(O)CC1(c2ccco2)CC1. The Morgan fingerprint density at radius 2 is 2.42 bits per heavy atom. The van der Waals surface area contributed by atoms with Crippen molar-refractivity contribution in [2.75, 3.05) is 0 Å². The van der Waals surface area contributed by atoms with E-state index >= 15 is 0 Å². The van der Waals surface area contributed by atoms with Gasteiger partial charge in [0.25, 0.3) is 0 Å². The summed E-state index contributed by atoms with van der Waals surface area (Å²) in [7, 11) is 0. The monoisotopic (exact) mass is 166 g/mol. The molecule has 0 aliphatic heterocycles. The number of carbonyl (C=O) groups is 1. The highest BCUT2D eigenvalue weighted by Gasteiger charge is 2.48. The maximum absolute atomic E-state index is 10.5. The Bertz CT molecular complexity index is 283. The van der Waals surface area contributed by atoms with Crippen molar-refractivity contribution >= 4 is 5.97 Å². The van der Waals surface area contributed by atoms with E-state index in [0.29, 0.717) is 0 Å². The maximum atomic E-state index is 10.5. The molecule has 0 spiro atoms. The van der Waals surface area contributed by atoms with Gasteiger partial charge in [0.15, 0.2) is 0 Å². The van der Waals surface area contributed by atoms with Gasteiger partial charge in [-0.05, 0) is 25.0 Å². The topological polar surface area (TPSA) is 50.4 Å². The van der Waals surface area contributed by atoms with Crippen LogP contribution in [0, 0.1) is 0 Å². The first-order chi connectivity index (χ1) is 5.73. The molecule has 0 radical (unpaired) electrons. The molecule has 1 aromatic heterocycles. The molecular formula is C9H10O3. The first-order valence-corrected chi connectivity index (χ1v) is 3.99. The molecule has 0 aromatic carbocycles. The third-order valence-electron chi connectivity index (χ3n) is 2.39. The fourth-order valence-electron chi connectivity index (χ4n) is 1.53. The predicted molar refractivity (Wildman–Crippen MR) is 41.9 cm³/mol. The quantitative estimate of drug-likeness (QED) is 0.744. The zero-order valence-electron chi connectivity index (χ0n) is 6.62. The van der Waals surface area contributed by atoms with Gasteiger partial charge in [-0.1, -0.05) is 0 Å². The summed E-state index contributed by atoms with van der Waals surface area (Å²) in [5.74, 6) is 0.0776. The van der Waals surface area contributed by atoms with Gasteiger partial charge < -0.3 is 9.52 Å². The van der Waals surface area contributed by atoms with E-state index in [9.17, 15) is 4.79 Å². The van der Waals surface area contributed by atoms with Crippen molar-refractivity contribution in [2.45, 2.75) is 24.7 Å². The zero-order valence-corrected chi connectivity index (χ0v) is 6.62. The van der Waals surface area contributed by atoms with Gasteiger partial charge in [0.1, 0.15) is 5.76 Å². The number of furan rings is 1. The Balaban J connectivity index is 2.17. The van der Waals surface area contributed by atoms with E-state index in [0.717, 1.165) is 18.6 Å². The van der Waals surface area contributed by atoms with Crippen LogP contribution in [-0.2, 0) is 10.2 Å². The Kier molecular flexibility index (Phi) is 1.46. The minimum Gasteiger partial charge on any atom is -0.481 e. The highest BCUT2D eigenvalue weighted by atomic mass is 16.4. The lowest BCUT2D eigenvalue weighted by atomic mass is 10.00. The third-order valence-corrected chi connectivity index (χ3v) is 2.39. The second-order valence-electron chi connectivity index (χ2n) is 3.33. The van der Waals surface area contributed by atoms with Crippen LogP contribution < -0.4 is 0 Å². The molecule has 0 atom stereocenters. The van der Waals surface area contributed by atoms with E-state index < -0.39 is 5.97 Å². The molecule has 1 aliphatic rings. The number of hydrogen-bond donors (Lipinski definition) is 1. The van der Waals surface area contributed by atoms with Crippen LogP contribution in [0.25, 0.3) is 0 Å². The van der Waals surface area contributed by atoms with Gasteiger partial charge in [0.2, 0.25) is 0 Å². The molecule has 3 nitrogen and oxygen atoms in total. The summed E-state index contributed by atoms with van der Waals surface area (Å²) in [6.07, 6.45) is 3.66. The summed E-state index contributed by atoms with van der Waals surface area (Å²) in [6.45, 7) is 0. The van der Waals surface area contributed by atoms with Crippen LogP contribution in [-0.4, -0.2) is 11.1 Å².